The van der Waals surface area contributed by atoms with Gasteiger partial charge in [-0.15, -0.1) is 0 Å². The first-order chi connectivity index (χ1) is 6.42. The minimum Gasteiger partial charge on any atom is -0.405 e. The van der Waals surface area contributed by atoms with Gasteiger partial charge < -0.3 is 5.73 Å². The first-order valence-electron chi connectivity index (χ1n) is 4.19. The molecule has 66 valence electrons. The molecular weight excluding hydrogens is 162 g/mol. The van der Waals surface area contributed by atoms with E-state index in [1.807, 2.05) is 41.2 Å². The van der Waals surface area contributed by atoms with Gasteiger partial charge in [-0.05, 0) is 18.3 Å². The molecule has 0 saturated heterocycles. The van der Waals surface area contributed by atoms with Crippen molar-refractivity contribution >= 4 is 10.9 Å². The van der Waals surface area contributed by atoms with Gasteiger partial charge in [0, 0.05) is 5.39 Å². The van der Waals surface area contributed by atoms with E-state index in [1.165, 1.54) is 6.20 Å². The molecule has 0 unspecified atom stereocenters. The second-order valence-corrected chi connectivity index (χ2v) is 2.81. The van der Waals surface area contributed by atoms with Crippen molar-refractivity contribution in [2.24, 2.45) is 5.73 Å². The Kier molecular flexibility index (Phi) is 2.00. The summed E-state index contributed by atoms with van der Waals surface area (Å²) in [6.45, 7) is 0.726. The van der Waals surface area contributed by atoms with Gasteiger partial charge in [-0.2, -0.15) is 5.10 Å². The molecule has 0 aliphatic rings. The summed E-state index contributed by atoms with van der Waals surface area (Å²) in [5.41, 5.74) is 6.41. The highest BCUT2D eigenvalue weighted by atomic mass is 15.3. The Morgan fingerprint density at radius 2 is 2.23 bits per heavy atom. The largest absolute Gasteiger partial charge is 0.405 e. The zero-order valence-electron chi connectivity index (χ0n) is 7.22. The first-order valence-corrected chi connectivity index (χ1v) is 4.19. The van der Waals surface area contributed by atoms with Crippen LogP contribution in [0.1, 0.15) is 0 Å². The Balaban J connectivity index is 2.45. The Bertz CT molecular complexity index is 428. The van der Waals surface area contributed by atoms with Crippen molar-refractivity contribution in [3.8, 4) is 0 Å². The Morgan fingerprint density at radius 1 is 1.38 bits per heavy atom. The van der Waals surface area contributed by atoms with Crippen molar-refractivity contribution < 1.29 is 0 Å². The van der Waals surface area contributed by atoms with E-state index in [2.05, 4.69) is 5.10 Å². The van der Waals surface area contributed by atoms with Crippen LogP contribution in [0.5, 0.6) is 0 Å². The molecule has 0 aliphatic heterocycles. The van der Waals surface area contributed by atoms with Gasteiger partial charge in [-0.3, -0.25) is 4.68 Å². The van der Waals surface area contributed by atoms with Gasteiger partial charge in [-0.1, -0.05) is 18.2 Å². The van der Waals surface area contributed by atoms with Crippen LogP contribution in [-0.2, 0) is 6.54 Å². The van der Waals surface area contributed by atoms with Crippen LogP contribution in [-0.4, -0.2) is 9.78 Å². The van der Waals surface area contributed by atoms with Crippen LogP contribution in [0, 0.1) is 0 Å². The maximum absolute atomic E-state index is 5.27. The highest BCUT2D eigenvalue weighted by Gasteiger charge is 1.97. The van der Waals surface area contributed by atoms with Crippen molar-refractivity contribution in [1.29, 1.82) is 0 Å². The number of nitrogens with two attached hydrogens (primary N) is 1. The Labute approximate surface area is 76.5 Å². The maximum Gasteiger partial charge on any atom is 0.0686 e. The molecule has 3 heteroatoms. The van der Waals surface area contributed by atoms with E-state index in [-0.39, 0.29) is 0 Å². The van der Waals surface area contributed by atoms with Crippen molar-refractivity contribution in [3.63, 3.8) is 0 Å². The number of hydrogen-bond acceptors (Lipinski definition) is 2. The molecule has 2 rings (SSSR count). The molecule has 0 fully saturated rings. The summed E-state index contributed by atoms with van der Waals surface area (Å²) in [7, 11) is 0. The molecule has 13 heavy (non-hydrogen) atoms. The monoisotopic (exact) mass is 173 g/mol. The number of rotatable bonds is 2. The normalized spacial score (nSPS) is 11.4. The lowest BCUT2D eigenvalue weighted by atomic mass is 10.3. The van der Waals surface area contributed by atoms with E-state index in [1.54, 1.807) is 0 Å². The maximum atomic E-state index is 5.27. The summed E-state index contributed by atoms with van der Waals surface area (Å²) in [6.07, 6.45) is 5.27. The van der Waals surface area contributed by atoms with E-state index in [4.69, 9.17) is 5.73 Å². The molecule has 3 nitrogen and oxygen atoms in total. The first kappa shape index (κ1) is 7.86. The zero-order valence-corrected chi connectivity index (χ0v) is 7.22. The summed E-state index contributed by atoms with van der Waals surface area (Å²) < 4.78 is 1.92. The molecule has 0 bridgehead atoms. The third-order valence-electron chi connectivity index (χ3n) is 1.97. The minimum atomic E-state index is 0.726. The van der Waals surface area contributed by atoms with Crippen LogP contribution in [0.15, 0.2) is 42.7 Å². The smallest absolute Gasteiger partial charge is 0.0686 e. The average molecular weight is 173 g/mol. The van der Waals surface area contributed by atoms with Gasteiger partial charge in [0.1, 0.15) is 0 Å². The fourth-order valence-corrected chi connectivity index (χ4v) is 1.33. The molecule has 0 amide bonds. The molecule has 1 aromatic carbocycles. The number of fused-ring (bicyclic) bond motifs is 1. The summed E-state index contributed by atoms with van der Waals surface area (Å²) in [5, 5.41) is 5.40. The number of hydrogen-bond donors (Lipinski definition) is 1. The lowest BCUT2D eigenvalue weighted by Crippen LogP contribution is -1.97. The van der Waals surface area contributed by atoms with Crippen LogP contribution in [0.2, 0.25) is 0 Å². The number of nitrogens with zero attached hydrogens (tertiary/aromatic N) is 2. The molecule has 0 saturated carbocycles. The standard InChI is InChI=1S/C10H11N3/c11-6-3-7-13-10-5-2-1-4-9(10)8-12-13/h1-6,8H,7,11H2. The molecule has 0 spiro atoms. The number of benzene rings is 1. The SMILES string of the molecule is NC=CCn1ncc2ccccc21. The third-order valence-corrected chi connectivity index (χ3v) is 1.97. The number of allylic oxidation sites excluding steroid dienone is 1. The summed E-state index contributed by atoms with van der Waals surface area (Å²) in [4.78, 5) is 0. The van der Waals surface area contributed by atoms with Gasteiger partial charge in [0.15, 0.2) is 0 Å². The fourth-order valence-electron chi connectivity index (χ4n) is 1.33. The second-order valence-electron chi connectivity index (χ2n) is 2.81. The van der Waals surface area contributed by atoms with E-state index in [0.717, 1.165) is 17.4 Å². The van der Waals surface area contributed by atoms with Crippen molar-refractivity contribution in [3.05, 3.63) is 42.7 Å². The highest BCUT2D eigenvalue weighted by molar-refractivity contribution is 5.78. The van der Waals surface area contributed by atoms with Gasteiger partial charge >= 0.3 is 0 Å². The summed E-state index contributed by atoms with van der Waals surface area (Å²) in [5.74, 6) is 0. The van der Waals surface area contributed by atoms with Crippen LogP contribution in [0.4, 0.5) is 0 Å². The Morgan fingerprint density at radius 3 is 3.08 bits per heavy atom. The van der Waals surface area contributed by atoms with Crippen LogP contribution in [0.25, 0.3) is 10.9 Å². The van der Waals surface area contributed by atoms with E-state index in [9.17, 15) is 0 Å². The molecule has 0 aliphatic carbocycles. The predicted octanol–water partition coefficient (Wildman–Crippen LogP) is 1.51. The van der Waals surface area contributed by atoms with Crippen LogP contribution in [0.3, 0.4) is 0 Å². The summed E-state index contributed by atoms with van der Waals surface area (Å²) >= 11 is 0. The quantitative estimate of drug-likeness (QED) is 0.748. The minimum absolute atomic E-state index is 0.726. The topological polar surface area (TPSA) is 43.8 Å². The van der Waals surface area contributed by atoms with E-state index >= 15 is 0 Å². The molecule has 2 N–H and O–H groups in total. The summed E-state index contributed by atoms with van der Waals surface area (Å²) in [6, 6.07) is 8.11. The van der Waals surface area contributed by atoms with Crippen molar-refractivity contribution in [1.82, 2.24) is 9.78 Å². The second kappa shape index (κ2) is 3.31. The molecule has 0 radical (unpaired) electrons. The van der Waals surface area contributed by atoms with Gasteiger partial charge in [0.25, 0.3) is 0 Å². The van der Waals surface area contributed by atoms with E-state index < -0.39 is 0 Å². The lowest BCUT2D eigenvalue weighted by molar-refractivity contribution is 0.727. The average Bonchev–Trinajstić information content (AvgIpc) is 2.58. The Hall–Kier alpha value is -1.77. The van der Waals surface area contributed by atoms with Gasteiger partial charge in [-0.25, -0.2) is 0 Å². The number of aromatic nitrogens is 2. The number of para-hydroxylation sites is 1. The molecule has 1 heterocycles. The molecular formula is C10H11N3. The molecule has 1 aromatic heterocycles. The highest BCUT2D eigenvalue weighted by Crippen LogP contribution is 2.11. The third kappa shape index (κ3) is 1.40. The lowest BCUT2D eigenvalue weighted by Gasteiger charge is -1.97. The predicted molar refractivity (Wildman–Crippen MR) is 53.1 cm³/mol. The van der Waals surface area contributed by atoms with Crippen molar-refractivity contribution in [2.75, 3.05) is 0 Å². The van der Waals surface area contributed by atoms with Crippen LogP contribution >= 0.6 is 0 Å². The zero-order chi connectivity index (χ0) is 9.10. The molecule has 0 atom stereocenters. The molecule has 2 aromatic rings. The van der Waals surface area contributed by atoms with Gasteiger partial charge in [0.2, 0.25) is 0 Å². The van der Waals surface area contributed by atoms with Crippen molar-refractivity contribution in [2.45, 2.75) is 6.54 Å². The van der Waals surface area contributed by atoms with E-state index in [0.29, 0.717) is 0 Å². The van der Waals surface area contributed by atoms with Crippen LogP contribution < -0.4 is 5.73 Å². The van der Waals surface area contributed by atoms with Gasteiger partial charge in [0.05, 0.1) is 18.3 Å². The fraction of sp³-hybridized carbons (Fsp3) is 0.100.